The zero-order valence-corrected chi connectivity index (χ0v) is 9.64. The summed E-state index contributed by atoms with van der Waals surface area (Å²) in [6.07, 6.45) is 0. The lowest BCUT2D eigenvalue weighted by Crippen LogP contribution is -2.46. The lowest BCUT2D eigenvalue weighted by molar-refractivity contribution is 0.344. The van der Waals surface area contributed by atoms with E-state index >= 15 is 0 Å². The highest BCUT2D eigenvalue weighted by molar-refractivity contribution is 5.80. The first-order chi connectivity index (χ1) is 8.29. The van der Waals surface area contributed by atoms with E-state index in [1.165, 1.54) is 0 Å². The predicted molar refractivity (Wildman–Crippen MR) is 66.7 cm³/mol. The fraction of sp³-hybridized carbons (Fsp3) is 0.308. The quantitative estimate of drug-likeness (QED) is 0.841. The molecular weight excluding hydrogens is 216 g/mol. The van der Waals surface area contributed by atoms with Crippen LogP contribution < -0.4 is 15.6 Å². The number of fused-ring (bicyclic) bond motifs is 1. The molecule has 3 rings (SSSR count). The van der Waals surface area contributed by atoms with Gasteiger partial charge in [-0.25, -0.2) is 0 Å². The first-order valence-electron chi connectivity index (χ1n) is 5.69. The van der Waals surface area contributed by atoms with E-state index < -0.39 is 0 Å². The number of ether oxygens (including phenoxy) is 1. The molecule has 1 aliphatic heterocycles. The highest BCUT2D eigenvalue weighted by atomic mass is 16.5. The molecule has 1 aromatic heterocycles. The van der Waals surface area contributed by atoms with Crippen LogP contribution in [0.5, 0.6) is 5.75 Å². The molecule has 4 nitrogen and oxygen atoms in total. The van der Waals surface area contributed by atoms with Crippen LogP contribution in [0.15, 0.2) is 35.1 Å². The maximum absolute atomic E-state index is 12.0. The molecule has 0 aliphatic carbocycles. The highest BCUT2D eigenvalue weighted by Crippen LogP contribution is 2.22. The zero-order valence-electron chi connectivity index (χ0n) is 9.64. The number of methoxy groups -OCH3 is 1. The van der Waals surface area contributed by atoms with E-state index in [1.54, 1.807) is 13.2 Å². The number of benzene rings is 1. The molecule has 2 heterocycles. The molecule has 0 radical (unpaired) electrons. The normalized spacial score (nSPS) is 15.8. The minimum Gasteiger partial charge on any atom is -0.497 e. The van der Waals surface area contributed by atoms with Crippen LogP contribution in [0, 0.1) is 0 Å². The van der Waals surface area contributed by atoms with Gasteiger partial charge in [-0.2, -0.15) is 0 Å². The van der Waals surface area contributed by atoms with E-state index in [-0.39, 0.29) is 11.6 Å². The molecule has 1 saturated heterocycles. The second kappa shape index (κ2) is 3.89. The number of nitrogens with one attached hydrogen (secondary N) is 1. The summed E-state index contributed by atoms with van der Waals surface area (Å²) in [5.41, 5.74) is 1.00. The largest absolute Gasteiger partial charge is 0.497 e. The summed E-state index contributed by atoms with van der Waals surface area (Å²) in [7, 11) is 1.64. The molecule has 1 aromatic carbocycles. The molecule has 1 aliphatic rings. The van der Waals surface area contributed by atoms with Crippen molar-refractivity contribution in [2.75, 3.05) is 20.2 Å². The second-order valence-electron chi connectivity index (χ2n) is 4.28. The third-order valence-electron chi connectivity index (χ3n) is 3.27. The Kier molecular flexibility index (Phi) is 2.37. The van der Waals surface area contributed by atoms with E-state index in [9.17, 15) is 4.79 Å². The van der Waals surface area contributed by atoms with Crippen molar-refractivity contribution >= 4 is 10.9 Å². The van der Waals surface area contributed by atoms with Gasteiger partial charge in [-0.15, -0.1) is 0 Å². The van der Waals surface area contributed by atoms with E-state index in [0.29, 0.717) is 0 Å². The van der Waals surface area contributed by atoms with Crippen LogP contribution in [0.25, 0.3) is 10.9 Å². The Hall–Kier alpha value is -1.81. The summed E-state index contributed by atoms with van der Waals surface area (Å²) in [6, 6.07) is 9.58. The summed E-state index contributed by atoms with van der Waals surface area (Å²) < 4.78 is 7.07. The number of hydrogen-bond donors (Lipinski definition) is 1. The molecule has 0 spiro atoms. The number of hydrogen-bond acceptors (Lipinski definition) is 3. The van der Waals surface area contributed by atoms with Gasteiger partial charge in [0.25, 0.3) is 5.56 Å². The summed E-state index contributed by atoms with van der Waals surface area (Å²) in [6.45, 7) is 1.71. The Bertz CT molecular complexity index is 614. The maximum atomic E-state index is 12.0. The van der Waals surface area contributed by atoms with Crippen LogP contribution in [0.2, 0.25) is 0 Å². The second-order valence-corrected chi connectivity index (χ2v) is 4.28. The first-order valence-corrected chi connectivity index (χ1v) is 5.69. The van der Waals surface area contributed by atoms with Crippen molar-refractivity contribution in [1.82, 2.24) is 9.88 Å². The van der Waals surface area contributed by atoms with Gasteiger partial charge in [-0.05, 0) is 23.6 Å². The average Bonchev–Trinajstić information content (AvgIpc) is 2.30. The number of rotatable bonds is 2. The van der Waals surface area contributed by atoms with Crippen molar-refractivity contribution < 1.29 is 4.74 Å². The first kappa shape index (κ1) is 10.4. The lowest BCUT2D eigenvalue weighted by atomic mass is 10.1. The van der Waals surface area contributed by atoms with E-state index in [0.717, 1.165) is 29.7 Å². The van der Waals surface area contributed by atoms with Crippen LogP contribution in [-0.4, -0.2) is 24.8 Å². The van der Waals surface area contributed by atoms with Crippen LogP contribution >= 0.6 is 0 Å². The van der Waals surface area contributed by atoms with Gasteiger partial charge in [0.2, 0.25) is 0 Å². The van der Waals surface area contributed by atoms with Gasteiger partial charge in [-0.1, -0.05) is 0 Å². The number of aromatic nitrogens is 1. The zero-order chi connectivity index (χ0) is 11.8. The fourth-order valence-corrected chi connectivity index (χ4v) is 2.19. The summed E-state index contributed by atoms with van der Waals surface area (Å²) in [5, 5.41) is 4.26. The van der Waals surface area contributed by atoms with Crippen LogP contribution in [0.4, 0.5) is 0 Å². The minimum atomic E-state index is 0.0530. The summed E-state index contributed by atoms with van der Waals surface area (Å²) in [5.74, 6) is 0.782. The average molecular weight is 230 g/mol. The molecule has 2 aromatic rings. The van der Waals surface area contributed by atoms with E-state index in [2.05, 4.69) is 5.32 Å². The lowest BCUT2D eigenvalue weighted by Gasteiger charge is -2.30. The Balaban J connectivity index is 2.28. The number of nitrogens with zero attached hydrogens (tertiary/aromatic N) is 1. The molecule has 0 unspecified atom stereocenters. The van der Waals surface area contributed by atoms with Crippen molar-refractivity contribution in [3.63, 3.8) is 0 Å². The summed E-state index contributed by atoms with van der Waals surface area (Å²) >= 11 is 0. The van der Waals surface area contributed by atoms with Crippen LogP contribution in [0.1, 0.15) is 6.04 Å². The molecule has 0 bridgehead atoms. The molecular formula is C13H14N2O2. The topological polar surface area (TPSA) is 43.3 Å². The van der Waals surface area contributed by atoms with Crippen molar-refractivity contribution in [1.29, 1.82) is 0 Å². The molecule has 0 saturated carbocycles. The molecule has 17 heavy (non-hydrogen) atoms. The molecule has 0 amide bonds. The molecule has 1 N–H and O–H groups in total. The minimum absolute atomic E-state index is 0.0530. The molecule has 1 fully saturated rings. The van der Waals surface area contributed by atoms with Gasteiger partial charge in [0, 0.05) is 25.2 Å². The monoisotopic (exact) mass is 230 g/mol. The third kappa shape index (κ3) is 1.61. The Morgan fingerprint density at radius 1 is 1.29 bits per heavy atom. The van der Waals surface area contributed by atoms with Crippen molar-refractivity contribution in [2.45, 2.75) is 6.04 Å². The van der Waals surface area contributed by atoms with Crippen molar-refractivity contribution in [3.8, 4) is 5.75 Å². The van der Waals surface area contributed by atoms with Gasteiger partial charge in [0.15, 0.2) is 0 Å². The van der Waals surface area contributed by atoms with E-state index in [4.69, 9.17) is 4.74 Å². The van der Waals surface area contributed by atoms with Gasteiger partial charge in [-0.3, -0.25) is 4.79 Å². The molecule has 4 heteroatoms. The maximum Gasteiger partial charge on any atom is 0.251 e. The smallest absolute Gasteiger partial charge is 0.251 e. The number of pyridine rings is 1. The van der Waals surface area contributed by atoms with Crippen LogP contribution in [-0.2, 0) is 0 Å². The molecule has 88 valence electrons. The fourth-order valence-electron chi connectivity index (χ4n) is 2.19. The predicted octanol–water partition coefficient (Wildman–Crippen LogP) is 1.15. The van der Waals surface area contributed by atoms with Gasteiger partial charge >= 0.3 is 0 Å². The van der Waals surface area contributed by atoms with Gasteiger partial charge in [0.1, 0.15) is 5.75 Å². The Morgan fingerprint density at radius 3 is 2.71 bits per heavy atom. The molecule has 0 atom stereocenters. The Morgan fingerprint density at radius 2 is 2.06 bits per heavy atom. The van der Waals surface area contributed by atoms with Gasteiger partial charge < -0.3 is 14.6 Å². The van der Waals surface area contributed by atoms with Crippen LogP contribution in [0.3, 0.4) is 0 Å². The summed E-state index contributed by atoms with van der Waals surface area (Å²) in [4.78, 5) is 12.0. The van der Waals surface area contributed by atoms with Gasteiger partial charge in [0.05, 0.1) is 18.7 Å². The van der Waals surface area contributed by atoms with E-state index in [1.807, 2.05) is 28.8 Å². The van der Waals surface area contributed by atoms with Crippen molar-refractivity contribution in [2.24, 2.45) is 0 Å². The van der Waals surface area contributed by atoms with Crippen molar-refractivity contribution in [3.05, 3.63) is 40.7 Å². The third-order valence-corrected chi connectivity index (χ3v) is 3.27. The Labute approximate surface area is 98.8 Å². The highest BCUT2D eigenvalue weighted by Gasteiger charge is 2.21. The SMILES string of the molecule is COc1ccc2ccc(=O)n(C3CNC3)c2c1. The standard InChI is InChI=1S/C13H14N2O2/c1-17-11-4-2-9-3-5-13(16)15(12(9)6-11)10-7-14-8-10/h2-6,10,14H,7-8H2,1H3.